The van der Waals surface area contributed by atoms with Crippen LogP contribution in [0.15, 0.2) is 0 Å². The second-order valence-electron chi connectivity index (χ2n) is 8.46. The standard InChI is InChI=1S/C18H36NO4S/c1-17(2,3)22-16(20)19(13-21-7)14-9-11-15(12-10-14)23-24(8)18(4,5)6/h14-15H,9-13H2,1-8H3/q+1. The van der Waals surface area contributed by atoms with Gasteiger partial charge in [0.05, 0.1) is 0 Å². The minimum atomic E-state index is -0.493. The molecule has 0 N–H and O–H groups in total. The van der Waals surface area contributed by atoms with Crippen molar-refractivity contribution in [3.63, 3.8) is 0 Å². The molecule has 1 atom stereocenters. The van der Waals surface area contributed by atoms with Crippen LogP contribution < -0.4 is 0 Å². The van der Waals surface area contributed by atoms with Gasteiger partial charge in [0.1, 0.15) is 35.9 Å². The summed E-state index contributed by atoms with van der Waals surface area (Å²) in [4.78, 5) is 14.2. The van der Waals surface area contributed by atoms with E-state index in [-0.39, 0.29) is 40.9 Å². The lowest BCUT2D eigenvalue weighted by molar-refractivity contribution is -0.0267. The van der Waals surface area contributed by atoms with Crippen LogP contribution in [0.1, 0.15) is 67.2 Å². The molecule has 1 aliphatic rings. The van der Waals surface area contributed by atoms with Crippen molar-refractivity contribution >= 4 is 17.3 Å². The first-order chi connectivity index (χ1) is 10.9. The Labute approximate surface area is 150 Å². The molecular formula is C18H36NO4S+. The van der Waals surface area contributed by atoms with Gasteiger partial charge in [0.25, 0.3) is 0 Å². The van der Waals surface area contributed by atoms with Gasteiger partial charge in [0, 0.05) is 13.2 Å². The normalized spacial score (nSPS) is 23.7. The Morgan fingerprint density at radius 3 is 2.04 bits per heavy atom. The summed E-state index contributed by atoms with van der Waals surface area (Å²) in [6.45, 7) is 12.6. The minimum Gasteiger partial charge on any atom is -0.444 e. The van der Waals surface area contributed by atoms with Crippen molar-refractivity contribution in [2.75, 3.05) is 20.1 Å². The van der Waals surface area contributed by atoms with E-state index in [9.17, 15) is 4.79 Å². The third kappa shape index (κ3) is 7.19. The van der Waals surface area contributed by atoms with E-state index in [0.717, 1.165) is 25.7 Å². The first-order valence-electron chi connectivity index (χ1n) is 8.76. The third-order valence-electron chi connectivity index (χ3n) is 4.12. The highest BCUT2D eigenvalue weighted by Crippen LogP contribution is 2.30. The van der Waals surface area contributed by atoms with E-state index in [1.807, 2.05) is 20.8 Å². The largest absolute Gasteiger partial charge is 0.444 e. The Morgan fingerprint density at radius 2 is 1.62 bits per heavy atom. The number of carbonyl (C=O) groups is 1. The molecule has 0 heterocycles. The van der Waals surface area contributed by atoms with E-state index >= 15 is 0 Å². The van der Waals surface area contributed by atoms with Crippen LogP contribution in [0.25, 0.3) is 0 Å². The summed E-state index contributed by atoms with van der Waals surface area (Å²) in [6.07, 6.45) is 5.96. The molecule has 1 unspecified atom stereocenters. The van der Waals surface area contributed by atoms with Gasteiger partial charge in [0.15, 0.2) is 4.75 Å². The van der Waals surface area contributed by atoms with Gasteiger partial charge in [-0.3, -0.25) is 4.90 Å². The van der Waals surface area contributed by atoms with Crippen LogP contribution in [-0.4, -0.2) is 53.6 Å². The molecule has 1 rings (SSSR count). The van der Waals surface area contributed by atoms with Gasteiger partial charge in [-0.2, -0.15) is 4.18 Å². The van der Waals surface area contributed by atoms with Crippen molar-refractivity contribution in [1.29, 1.82) is 0 Å². The molecule has 1 saturated carbocycles. The molecule has 0 aromatic carbocycles. The van der Waals surface area contributed by atoms with Gasteiger partial charge in [-0.15, -0.1) is 0 Å². The molecule has 0 spiro atoms. The molecule has 1 amide bonds. The zero-order chi connectivity index (χ0) is 18.5. The van der Waals surface area contributed by atoms with Crippen molar-refractivity contribution in [3.05, 3.63) is 0 Å². The van der Waals surface area contributed by atoms with Gasteiger partial charge >= 0.3 is 6.09 Å². The topological polar surface area (TPSA) is 48.0 Å². The van der Waals surface area contributed by atoms with Gasteiger partial charge in [-0.25, -0.2) is 4.79 Å². The average molecular weight is 363 g/mol. The molecule has 24 heavy (non-hydrogen) atoms. The number of ether oxygens (including phenoxy) is 2. The van der Waals surface area contributed by atoms with E-state index in [1.54, 1.807) is 12.0 Å². The van der Waals surface area contributed by atoms with Gasteiger partial charge in [-0.05, 0) is 67.2 Å². The molecule has 0 saturated heterocycles. The van der Waals surface area contributed by atoms with Crippen LogP contribution in [0.3, 0.4) is 0 Å². The van der Waals surface area contributed by atoms with Crippen LogP contribution in [0, 0.1) is 0 Å². The molecule has 0 aromatic rings. The first kappa shape index (κ1) is 21.6. The third-order valence-corrected chi connectivity index (χ3v) is 6.41. The number of nitrogens with zero attached hydrogens (tertiary/aromatic N) is 1. The van der Waals surface area contributed by atoms with E-state index in [4.69, 9.17) is 13.7 Å². The zero-order valence-corrected chi connectivity index (χ0v) is 17.5. The van der Waals surface area contributed by atoms with E-state index in [1.165, 1.54) is 0 Å². The molecule has 0 aromatic heterocycles. The summed E-state index contributed by atoms with van der Waals surface area (Å²) in [5.41, 5.74) is -0.493. The molecule has 142 valence electrons. The number of hydrogen-bond donors (Lipinski definition) is 0. The van der Waals surface area contributed by atoms with Crippen molar-refractivity contribution in [2.45, 2.75) is 89.7 Å². The smallest absolute Gasteiger partial charge is 0.412 e. The van der Waals surface area contributed by atoms with Crippen LogP contribution >= 0.6 is 0 Å². The number of hydrogen-bond acceptors (Lipinski definition) is 4. The van der Waals surface area contributed by atoms with Crippen LogP contribution in [0.2, 0.25) is 0 Å². The summed E-state index contributed by atoms with van der Waals surface area (Å²) < 4.78 is 17.2. The highest BCUT2D eigenvalue weighted by molar-refractivity contribution is 7.93. The lowest BCUT2D eigenvalue weighted by Gasteiger charge is -2.36. The molecule has 0 aliphatic heterocycles. The number of carbonyl (C=O) groups excluding carboxylic acids is 1. The van der Waals surface area contributed by atoms with Crippen LogP contribution in [-0.2, 0) is 24.8 Å². The molecule has 1 aliphatic carbocycles. The maximum absolute atomic E-state index is 12.4. The van der Waals surface area contributed by atoms with Gasteiger partial charge < -0.3 is 9.47 Å². The maximum atomic E-state index is 12.4. The second-order valence-corrected chi connectivity index (χ2v) is 10.8. The lowest BCUT2D eigenvalue weighted by atomic mass is 9.92. The fourth-order valence-corrected chi connectivity index (χ4v) is 3.46. The highest BCUT2D eigenvalue weighted by Gasteiger charge is 2.38. The average Bonchev–Trinajstić information content (AvgIpc) is 2.43. The lowest BCUT2D eigenvalue weighted by Crippen LogP contribution is -2.47. The van der Waals surface area contributed by atoms with Gasteiger partial charge in [-0.1, -0.05) is 0 Å². The van der Waals surface area contributed by atoms with Crippen molar-refractivity contribution < 1.29 is 18.5 Å². The first-order valence-corrected chi connectivity index (χ1v) is 10.3. The summed E-state index contributed by atoms with van der Waals surface area (Å²) in [5.74, 6) is 0. The van der Waals surface area contributed by atoms with E-state index in [0.29, 0.717) is 0 Å². The molecule has 1 fully saturated rings. The zero-order valence-electron chi connectivity index (χ0n) is 16.7. The van der Waals surface area contributed by atoms with Crippen LogP contribution in [0.4, 0.5) is 4.79 Å². The Balaban J connectivity index is 2.57. The van der Waals surface area contributed by atoms with Crippen molar-refractivity contribution in [2.24, 2.45) is 0 Å². The summed E-state index contributed by atoms with van der Waals surface area (Å²) >= 11 is -0.0623. The number of methoxy groups -OCH3 is 1. The summed E-state index contributed by atoms with van der Waals surface area (Å²) in [5, 5.41) is 0. The molecule has 0 radical (unpaired) electrons. The fourth-order valence-electron chi connectivity index (χ4n) is 2.57. The Kier molecular flexibility index (Phi) is 7.88. The fraction of sp³-hybridized carbons (Fsp3) is 0.944. The van der Waals surface area contributed by atoms with Gasteiger partial charge in [0.2, 0.25) is 0 Å². The summed E-state index contributed by atoms with van der Waals surface area (Å²) in [6, 6.07) is 0.160. The maximum Gasteiger partial charge on any atom is 0.412 e. The SMILES string of the molecule is COCN(C(=O)OC(C)(C)C)C1CCC(O[S+](C)C(C)(C)C)CC1. The van der Waals surface area contributed by atoms with Crippen molar-refractivity contribution in [1.82, 2.24) is 4.90 Å². The quantitative estimate of drug-likeness (QED) is 0.545. The number of amides is 1. The second kappa shape index (κ2) is 8.77. The number of rotatable bonds is 5. The molecular weight excluding hydrogens is 326 g/mol. The van der Waals surface area contributed by atoms with Crippen LogP contribution in [0.5, 0.6) is 0 Å². The minimum absolute atomic E-state index is 0.0623. The highest BCUT2D eigenvalue weighted by atomic mass is 32.2. The Bertz CT molecular complexity index is 395. The monoisotopic (exact) mass is 362 g/mol. The predicted octanol–water partition coefficient (Wildman–Crippen LogP) is 4.12. The van der Waals surface area contributed by atoms with E-state index < -0.39 is 5.60 Å². The van der Waals surface area contributed by atoms with Crippen molar-refractivity contribution in [3.8, 4) is 0 Å². The predicted molar refractivity (Wildman–Crippen MR) is 100 cm³/mol. The Morgan fingerprint density at radius 1 is 1.08 bits per heavy atom. The molecule has 0 bridgehead atoms. The Hall–Kier alpha value is -0.460. The molecule has 6 heteroatoms. The van der Waals surface area contributed by atoms with E-state index in [2.05, 4.69) is 27.0 Å². The molecule has 5 nitrogen and oxygen atoms in total. The summed E-state index contributed by atoms with van der Waals surface area (Å²) in [7, 11) is 1.61.